The fraction of sp³-hybridized carbons (Fsp3) is 0.167. The van der Waals surface area contributed by atoms with Gasteiger partial charge in [0.2, 0.25) is 0 Å². The van der Waals surface area contributed by atoms with Crippen LogP contribution in [0.1, 0.15) is 29.1 Å². The van der Waals surface area contributed by atoms with E-state index in [2.05, 4.69) is 17.2 Å². The molecule has 0 saturated carbocycles. The first kappa shape index (κ1) is 20.7. The Morgan fingerprint density at radius 2 is 2.09 bits per heavy atom. The number of para-hydroxylation sites is 1. The molecule has 1 amide bonds. The molecule has 0 aliphatic carbocycles. The van der Waals surface area contributed by atoms with Crippen LogP contribution in [0.25, 0.3) is 11.3 Å². The van der Waals surface area contributed by atoms with Crippen LogP contribution in [0, 0.1) is 6.92 Å². The number of fused-ring (bicyclic) bond motifs is 3. The molecule has 2 aliphatic rings. The van der Waals surface area contributed by atoms with Crippen LogP contribution in [-0.4, -0.2) is 21.8 Å². The number of aryl methyl sites for hydroxylation is 1. The van der Waals surface area contributed by atoms with Crippen LogP contribution in [0.2, 0.25) is 5.02 Å². The van der Waals surface area contributed by atoms with Crippen LogP contribution in [0.4, 0.5) is 5.69 Å². The number of hydrogen-bond acceptors (Lipinski definition) is 6. The van der Waals surface area contributed by atoms with E-state index in [1.165, 1.54) is 11.8 Å². The minimum absolute atomic E-state index is 0.122. The minimum Gasteiger partial charge on any atom is -0.457 e. The van der Waals surface area contributed by atoms with Crippen LogP contribution in [0.3, 0.4) is 0 Å². The largest absolute Gasteiger partial charge is 0.457 e. The predicted octanol–water partition coefficient (Wildman–Crippen LogP) is 5.70. The van der Waals surface area contributed by atoms with Crippen LogP contribution in [0.15, 0.2) is 76.8 Å². The number of halogens is 1. The van der Waals surface area contributed by atoms with Gasteiger partial charge in [-0.15, -0.1) is 11.7 Å². The van der Waals surface area contributed by atoms with Gasteiger partial charge in [-0.1, -0.05) is 53.7 Å². The number of amidine groups is 1. The van der Waals surface area contributed by atoms with E-state index in [9.17, 15) is 4.79 Å². The maximum atomic E-state index is 13.1. The van der Waals surface area contributed by atoms with Crippen molar-refractivity contribution >= 4 is 40.1 Å². The van der Waals surface area contributed by atoms with Gasteiger partial charge in [0.05, 0.1) is 0 Å². The molecule has 6 nitrogen and oxygen atoms in total. The molecule has 5 rings (SSSR count). The standard InChI is InChI=1S/C24H21ClN4O2S/c1-3-12-32-24-27-23(30)21-16-6-4-5-7-18(16)26-22(29(21)28-24)20-11-10-19(31-20)17-13-15(25)9-8-14(17)2/h3-11,13,21-22,26H,1,12H2,2H3,(H,27,28,30)/t21-,22-/m0/s1. The van der Waals surface area contributed by atoms with E-state index < -0.39 is 12.2 Å². The van der Waals surface area contributed by atoms with Crippen LogP contribution >= 0.6 is 23.4 Å². The van der Waals surface area contributed by atoms with Gasteiger partial charge in [-0.05, 0) is 42.8 Å². The second-order valence-electron chi connectivity index (χ2n) is 7.57. The monoisotopic (exact) mass is 464 g/mol. The fourth-order valence-corrected chi connectivity index (χ4v) is 4.73. The SMILES string of the molecule is C=CCSC1=NN2[C@@H](c3ccc(-c4cc(Cl)ccc4C)o3)Nc3ccccc3[C@H]2C(=O)N1. The Morgan fingerprint density at radius 3 is 2.94 bits per heavy atom. The number of anilines is 1. The number of benzene rings is 2. The van der Waals surface area contributed by atoms with Crippen molar-refractivity contribution < 1.29 is 9.21 Å². The summed E-state index contributed by atoms with van der Waals surface area (Å²) >= 11 is 7.64. The van der Waals surface area contributed by atoms with Crippen LogP contribution in [0.5, 0.6) is 0 Å². The Kier molecular flexibility index (Phi) is 5.45. The third-order valence-corrected chi connectivity index (χ3v) is 6.56. The highest BCUT2D eigenvalue weighted by molar-refractivity contribution is 8.14. The number of thioether (sulfide) groups is 1. The van der Waals surface area contributed by atoms with E-state index in [-0.39, 0.29) is 5.91 Å². The lowest BCUT2D eigenvalue weighted by Crippen LogP contribution is -2.50. The first-order valence-corrected chi connectivity index (χ1v) is 11.5. The smallest absolute Gasteiger partial charge is 0.255 e. The maximum absolute atomic E-state index is 13.1. The van der Waals surface area contributed by atoms with E-state index in [0.29, 0.717) is 27.5 Å². The number of nitrogens with one attached hydrogen (secondary N) is 2. The van der Waals surface area contributed by atoms with Gasteiger partial charge in [-0.2, -0.15) is 0 Å². The third kappa shape index (κ3) is 3.67. The van der Waals surface area contributed by atoms with Gasteiger partial charge in [0.25, 0.3) is 5.91 Å². The lowest BCUT2D eigenvalue weighted by Gasteiger charge is -2.42. The van der Waals surface area contributed by atoms with E-state index >= 15 is 0 Å². The molecule has 8 heteroatoms. The number of carbonyl (C=O) groups is 1. The molecule has 2 aromatic carbocycles. The zero-order valence-electron chi connectivity index (χ0n) is 17.3. The topological polar surface area (TPSA) is 69.9 Å². The van der Waals surface area contributed by atoms with E-state index in [1.807, 2.05) is 61.5 Å². The van der Waals surface area contributed by atoms with E-state index in [1.54, 1.807) is 11.1 Å². The molecule has 0 spiro atoms. The molecule has 32 heavy (non-hydrogen) atoms. The molecule has 0 radical (unpaired) electrons. The average Bonchev–Trinajstić information content (AvgIpc) is 3.28. The van der Waals surface area contributed by atoms with Crippen molar-refractivity contribution in [2.45, 2.75) is 19.1 Å². The second kappa shape index (κ2) is 8.41. The molecule has 3 aromatic rings. The van der Waals surface area contributed by atoms with Gasteiger partial charge in [0.15, 0.2) is 17.4 Å². The fourth-order valence-electron chi connectivity index (χ4n) is 3.96. The number of carbonyl (C=O) groups excluding carboxylic acids is 1. The lowest BCUT2D eigenvalue weighted by molar-refractivity contribution is -0.127. The number of amides is 1. The first-order valence-electron chi connectivity index (χ1n) is 10.2. The molecule has 2 atom stereocenters. The lowest BCUT2D eigenvalue weighted by atomic mass is 9.99. The van der Waals surface area contributed by atoms with Gasteiger partial charge in [0, 0.05) is 27.6 Å². The summed E-state index contributed by atoms with van der Waals surface area (Å²) < 4.78 is 6.27. The summed E-state index contributed by atoms with van der Waals surface area (Å²) in [5.74, 6) is 1.89. The molecule has 0 saturated heterocycles. The summed E-state index contributed by atoms with van der Waals surface area (Å²) in [6.07, 6.45) is 1.33. The molecular weight excluding hydrogens is 444 g/mol. The number of hydrogen-bond donors (Lipinski definition) is 2. The van der Waals surface area contributed by atoms with Gasteiger partial charge in [0.1, 0.15) is 11.5 Å². The number of furan rings is 1. The maximum Gasteiger partial charge on any atom is 0.255 e. The molecule has 3 heterocycles. The summed E-state index contributed by atoms with van der Waals surface area (Å²) in [6.45, 7) is 5.76. The molecular formula is C24H21ClN4O2S. The predicted molar refractivity (Wildman–Crippen MR) is 130 cm³/mol. The molecule has 1 aromatic heterocycles. The number of nitrogens with zero attached hydrogens (tertiary/aromatic N) is 2. The summed E-state index contributed by atoms with van der Waals surface area (Å²) in [4.78, 5) is 13.1. The Morgan fingerprint density at radius 1 is 1.25 bits per heavy atom. The summed E-state index contributed by atoms with van der Waals surface area (Å²) in [5, 5.41) is 14.1. The Bertz CT molecular complexity index is 1240. The Labute approximate surface area is 195 Å². The summed E-state index contributed by atoms with van der Waals surface area (Å²) in [7, 11) is 0. The highest BCUT2D eigenvalue weighted by atomic mass is 35.5. The normalized spacial score (nSPS) is 19.4. The minimum atomic E-state index is -0.563. The van der Waals surface area contributed by atoms with Crippen molar-refractivity contribution in [3.8, 4) is 11.3 Å². The molecule has 0 fully saturated rings. The second-order valence-corrected chi connectivity index (χ2v) is 9.02. The van der Waals surface area contributed by atoms with Crippen molar-refractivity contribution in [1.29, 1.82) is 0 Å². The van der Waals surface area contributed by atoms with Crippen LogP contribution in [-0.2, 0) is 4.79 Å². The summed E-state index contributed by atoms with van der Waals surface area (Å²) in [5.41, 5.74) is 3.74. The number of rotatable bonds is 4. The van der Waals surface area contributed by atoms with Crippen molar-refractivity contribution in [3.05, 3.63) is 89.2 Å². The zero-order chi connectivity index (χ0) is 22.2. The van der Waals surface area contributed by atoms with Crippen molar-refractivity contribution in [1.82, 2.24) is 10.3 Å². The highest BCUT2D eigenvalue weighted by Gasteiger charge is 2.43. The molecule has 2 aliphatic heterocycles. The number of hydrazone groups is 1. The van der Waals surface area contributed by atoms with Crippen molar-refractivity contribution in [2.75, 3.05) is 11.1 Å². The van der Waals surface area contributed by atoms with E-state index in [0.717, 1.165) is 22.4 Å². The Hall–Kier alpha value is -3.16. The van der Waals surface area contributed by atoms with Crippen LogP contribution < -0.4 is 10.6 Å². The molecule has 2 N–H and O–H groups in total. The summed E-state index contributed by atoms with van der Waals surface area (Å²) in [6, 6.07) is 16.8. The molecule has 0 bridgehead atoms. The average molecular weight is 465 g/mol. The molecule has 0 unspecified atom stereocenters. The quantitative estimate of drug-likeness (QED) is 0.485. The Balaban J connectivity index is 1.57. The highest BCUT2D eigenvalue weighted by Crippen LogP contribution is 2.43. The van der Waals surface area contributed by atoms with Gasteiger partial charge < -0.3 is 15.1 Å². The third-order valence-electron chi connectivity index (χ3n) is 5.46. The van der Waals surface area contributed by atoms with Crippen molar-refractivity contribution in [2.24, 2.45) is 5.10 Å². The van der Waals surface area contributed by atoms with E-state index in [4.69, 9.17) is 21.1 Å². The zero-order valence-corrected chi connectivity index (χ0v) is 18.9. The van der Waals surface area contributed by atoms with Gasteiger partial charge in [-0.3, -0.25) is 4.79 Å². The van der Waals surface area contributed by atoms with Gasteiger partial charge >= 0.3 is 0 Å². The van der Waals surface area contributed by atoms with Crippen molar-refractivity contribution in [3.63, 3.8) is 0 Å². The first-order chi connectivity index (χ1) is 15.5. The van der Waals surface area contributed by atoms with Gasteiger partial charge in [-0.25, -0.2) is 5.01 Å². The molecule has 162 valence electrons.